The van der Waals surface area contributed by atoms with Crippen LogP contribution in [0, 0.1) is 0 Å². The molecule has 0 fully saturated rings. The lowest BCUT2D eigenvalue weighted by molar-refractivity contribution is 0.740. The molecule has 0 unspecified atom stereocenters. The van der Waals surface area contributed by atoms with Crippen LogP contribution in [0.1, 0.15) is 44.5 Å². The summed E-state index contributed by atoms with van der Waals surface area (Å²) in [5.41, 5.74) is 17.7. The van der Waals surface area contributed by atoms with Gasteiger partial charge in [-0.1, -0.05) is 133 Å². The van der Waals surface area contributed by atoms with E-state index in [0.717, 1.165) is 96.0 Å². The molecule has 0 radical (unpaired) electrons. The summed E-state index contributed by atoms with van der Waals surface area (Å²) >= 11 is 7.23. The Balaban J connectivity index is 0.000000138. The zero-order chi connectivity index (χ0) is 67.3. The van der Waals surface area contributed by atoms with Gasteiger partial charge in [0.05, 0.1) is 16.5 Å². The molecule has 14 nitrogen and oxygen atoms in total. The second kappa shape index (κ2) is 24.1. The zero-order valence-corrected chi connectivity index (χ0v) is 57.0. The van der Waals surface area contributed by atoms with Crippen LogP contribution in [0.3, 0.4) is 0 Å². The van der Waals surface area contributed by atoms with E-state index in [1.807, 2.05) is 181 Å². The Bertz CT molecular complexity index is 5830. The Hall–Kier alpha value is -12.6. The van der Waals surface area contributed by atoms with Crippen molar-refractivity contribution >= 4 is 80.0 Å². The van der Waals surface area contributed by atoms with Gasteiger partial charge in [-0.05, 0) is 153 Å². The zero-order valence-electron chi connectivity index (χ0n) is 53.8. The highest BCUT2D eigenvalue weighted by Gasteiger charge is 2.56. The van der Waals surface area contributed by atoms with E-state index in [-0.39, 0.29) is 0 Å². The predicted octanol–water partition coefficient (Wildman–Crippen LogP) is 20.3. The van der Waals surface area contributed by atoms with Crippen LogP contribution in [0.4, 0.5) is 34.6 Å². The first-order valence-corrected chi connectivity index (χ1v) is 36.6. The first-order valence-electron chi connectivity index (χ1n) is 33.1. The lowest BCUT2D eigenvalue weighted by atomic mass is 9.67. The first-order chi connectivity index (χ1) is 50.6. The number of fused-ring (bicyclic) bond motifs is 18. The van der Waals surface area contributed by atoms with Crippen LogP contribution in [0.15, 0.2) is 301 Å². The molecule has 0 saturated carbocycles. The molecule has 18 heteroatoms. The average Bonchev–Trinajstić information content (AvgIpc) is 1.48. The fraction of sp³-hybridized carbons (Fsp3) is 0.0238. The van der Waals surface area contributed by atoms with E-state index < -0.39 is 10.8 Å². The van der Waals surface area contributed by atoms with E-state index in [1.54, 1.807) is 35.1 Å². The van der Waals surface area contributed by atoms with Gasteiger partial charge in [0.15, 0.2) is 34.9 Å². The van der Waals surface area contributed by atoms with Crippen molar-refractivity contribution < 1.29 is 0 Å². The number of rotatable bonds is 9. The molecule has 21 rings (SSSR count). The van der Waals surface area contributed by atoms with Crippen molar-refractivity contribution in [3.63, 3.8) is 0 Å². The topological polar surface area (TPSA) is 161 Å². The minimum absolute atomic E-state index is 0.487. The standard InChI is InChI=1S/C45H27N7S2.C39H23N7S2/c1-2-8-29(9-3-1)40-49-41(30-15-13-28(14-16-30)37-12-4-5-23-46-37)51-42(50-40)31-17-19-32(20-18-31)52-43-35(10-6-24-47-43)45(36-11-7-25-48-44(36)52)33-21-26-53-38(33)39-34(45)22-27-54-39;1-2-9-24(10-3-1)34-43-35(45-36(44-34)31-15-4-5-18-40-31)25-11-6-12-26(23-25)46-37-29(13-7-19-41-37)39(30-14-8-20-42-38(30)46)27-16-21-47-32(27)33-28(39)17-22-48-33/h1-27H;1-23H. The maximum atomic E-state index is 5.06. The maximum Gasteiger partial charge on any atom is 0.182 e. The number of aromatic nitrogens is 12. The normalized spacial score (nSPS) is 13.4. The molecule has 2 aliphatic heterocycles. The summed E-state index contributed by atoms with van der Waals surface area (Å²) in [6, 6.07) is 82.8. The highest BCUT2D eigenvalue weighted by atomic mass is 32.1. The molecular formula is C84H50N14S4. The van der Waals surface area contributed by atoms with Gasteiger partial charge in [-0.15, -0.1) is 45.3 Å². The second-order valence-electron chi connectivity index (χ2n) is 24.8. The van der Waals surface area contributed by atoms with Gasteiger partial charge in [0.1, 0.15) is 29.0 Å². The first kappa shape index (κ1) is 59.5. The summed E-state index contributed by atoms with van der Waals surface area (Å²) in [5.74, 6) is 6.92. The Morgan fingerprint density at radius 2 is 0.559 bits per heavy atom. The smallest absolute Gasteiger partial charge is 0.182 e. The monoisotopic (exact) mass is 1380 g/mol. The SMILES string of the molecule is c1ccc(-c2nc(-c3ccc(-c4ccccn4)cc3)nc(-c3ccc(N4c5ncccc5C5(c6cccnc64)c4ccsc4-c4sccc45)cc3)n2)cc1.c1ccc(-c2nc(-c3cccc(N4c5ncccc5C5(c6cccnc64)c4ccsc4-c4sccc45)c3)nc(-c3ccccn3)n2)cc1. The third-order valence-electron chi connectivity index (χ3n) is 19.4. The molecule has 2 spiro atoms. The van der Waals surface area contributed by atoms with E-state index in [1.165, 1.54) is 41.8 Å². The Morgan fingerprint density at radius 3 is 0.971 bits per heavy atom. The number of benzene rings is 5. The lowest BCUT2D eigenvalue weighted by Crippen LogP contribution is -2.36. The summed E-state index contributed by atoms with van der Waals surface area (Å²) in [7, 11) is 0. The van der Waals surface area contributed by atoms with Crippen LogP contribution in [-0.4, -0.2) is 59.8 Å². The number of hydrogen-bond donors (Lipinski definition) is 0. The minimum atomic E-state index is -0.498. The summed E-state index contributed by atoms with van der Waals surface area (Å²) < 4.78 is 0. The summed E-state index contributed by atoms with van der Waals surface area (Å²) in [5, 5.41) is 8.82. The molecule has 0 N–H and O–H groups in total. The number of anilines is 6. The second-order valence-corrected chi connectivity index (χ2v) is 28.4. The predicted molar refractivity (Wildman–Crippen MR) is 407 cm³/mol. The van der Waals surface area contributed by atoms with Gasteiger partial charge in [-0.3, -0.25) is 19.8 Å². The number of pyridine rings is 6. The van der Waals surface area contributed by atoms with Crippen LogP contribution >= 0.6 is 45.3 Å². The van der Waals surface area contributed by atoms with Gasteiger partial charge in [0.25, 0.3) is 0 Å². The fourth-order valence-corrected chi connectivity index (χ4v) is 19.3. The molecule has 0 atom stereocenters. The summed E-state index contributed by atoms with van der Waals surface area (Å²) in [6.07, 6.45) is 11.0. The summed E-state index contributed by atoms with van der Waals surface area (Å²) in [4.78, 5) is 68.7. The van der Waals surface area contributed by atoms with Crippen molar-refractivity contribution in [3.8, 4) is 99.2 Å². The van der Waals surface area contributed by atoms with Gasteiger partial charge in [0.2, 0.25) is 0 Å². The van der Waals surface area contributed by atoms with Crippen molar-refractivity contribution in [2.24, 2.45) is 0 Å². The van der Waals surface area contributed by atoms with Gasteiger partial charge in [-0.2, -0.15) is 0 Å². The Morgan fingerprint density at radius 1 is 0.225 bits per heavy atom. The largest absolute Gasteiger partial charge is 0.278 e. The molecule has 2 aliphatic carbocycles. The average molecular weight is 1380 g/mol. The molecule has 102 heavy (non-hydrogen) atoms. The molecule has 14 heterocycles. The Kier molecular flexibility index (Phi) is 14.1. The highest BCUT2D eigenvalue weighted by Crippen LogP contribution is 2.67. The highest BCUT2D eigenvalue weighted by molar-refractivity contribution is 7.21. The van der Waals surface area contributed by atoms with Crippen molar-refractivity contribution in [2.75, 3.05) is 9.80 Å². The van der Waals surface area contributed by atoms with Crippen LogP contribution in [-0.2, 0) is 10.8 Å². The molecule has 0 bridgehead atoms. The quantitative estimate of drug-likeness (QED) is 0.134. The number of nitrogens with zero attached hydrogens (tertiary/aromatic N) is 14. The molecule has 0 saturated heterocycles. The van der Waals surface area contributed by atoms with Crippen molar-refractivity contribution in [2.45, 2.75) is 10.8 Å². The molecule has 4 aliphatic rings. The van der Waals surface area contributed by atoms with E-state index in [0.29, 0.717) is 40.6 Å². The minimum Gasteiger partial charge on any atom is -0.278 e. The van der Waals surface area contributed by atoms with Gasteiger partial charge < -0.3 is 0 Å². The van der Waals surface area contributed by atoms with Crippen molar-refractivity contribution in [1.29, 1.82) is 0 Å². The van der Waals surface area contributed by atoms with E-state index in [4.69, 9.17) is 49.8 Å². The van der Waals surface area contributed by atoms with Crippen LogP contribution in [0.2, 0.25) is 0 Å². The van der Waals surface area contributed by atoms with Gasteiger partial charge >= 0.3 is 0 Å². The van der Waals surface area contributed by atoms with E-state index >= 15 is 0 Å². The van der Waals surface area contributed by atoms with E-state index in [2.05, 4.69) is 150 Å². The fourth-order valence-electron chi connectivity index (χ4n) is 15.1. The van der Waals surface area contributed by atoms with Gasteiger partial charge in [-0.25, -0.2) is 49.8 Å². The number of hydrogen-bond acceptors (Lipinski definition) is 18. The molecular weight excluding hydrogens is 1330 g/mol. The molecule has 480 valence electrons. The van der Waals surface area contributed by atoms with Crippen LogP contribution in [0.5, 0.6) is 0 Å². The number of thiophene rings is 4. The third kappa shape index (κ3) is 9.27. The van der Waals surface area contributed by atoms with Crippen LogP contribution < -0.4 is 9.80 Å². The lowest BCUT2D eigenvalue weighted by Gasteiger charge is -2.42. The van der Waals surface area contributed by atoms with Crippen molar-refractivity contribution in [1.82, 2.24) is 59.8 Å². The van der Waals surface area contributed by atoms with E-state index in [9.17, 15) is 0 Å². The van der Waals surface area contributed by atoms with Crippen molar-refractivity contribution in [3.05, 3.63) is 346 Å². The summed E-state index contributed by atoms with van der Waals surface area (Å²) in [6.45, 7) is 0. The molecule has 17 aromatic rings. The van der Waals surface area contributed by atoms with Crippen LogP contribution in [0.25, 0.3) is 99.2 Å². The van der Waals surface area contributed by atoms with Gasteiger partial charge in [0, 0.05) is 124 Å². The Labute approximate surface area is 601 Å². The molecule has 12 aromatic heterocycles. The molecule has 0 amide bonds. The molecule has 5 aromatic carbocycles. The third-order valence-corrected chi connectivity index (χ3v) is 23.4. The maximum absolute atomic E-state index is 5.06.